The van der Waals surface area contributed by atoms with Crippen molar-refractivity contribution >= 4 is 11.8 Å². The highest BCUT2D eigenvalue weighted by atomic mass is 32.2. The lowest BCUT2D eigenvalue weighted by Gasteiger charge is -2.02. The van der Waals surface area contributed by atoms with E-state index in [1.807, 2.05) is 11.8 Å². The summed E-state index contributed by atoms with van der Waals surface area (Å²) in [4.78, 5) is 1.36. The molecule has 1 aromatic heterocycles. The normalized spacial score (nSPS) is 10.6. The Kier molecular flexibility index (Phi) is 4.62. The van der Waals surface area contributed by atoms with Crippen molar-refractivity contribution in [3.05, 3.63) is 41.7 Å². The van der Waals surface area contributed by atoms with Crippen LogP contribution in [0.1, 0.15) is 24.6 Å². The van der Waals surface area contributed by atoms with Gasteiger partial charge in [0.15, 0.2) is 0 Å². The largest absolute Gasteiger partial charge is 0.198 e. The Morgan fingerprint density at radius 1 is 1.18 bits per heavy atom. The number of nitrogens with one attached hydrogen (secondary N) is 1. The maximum Gasteiger partial charge on any atom is 0.0828 e. The Morgan fingerprint density at radius 2 is 2.00 bits per heavy atom. The second-order valence-electron chi connectivity index (χ2n) is 3.95. The molecule has 0 spiro atoms. The van der Waals surface area contributed by atoms with Crippen LogP contribution in [0, 0.1) is 0 Å². The summed E-state index contributed by atoms with van der Waals surface area (Å²) >= 11 is 1.92. The Labute approximate surface area is 106 Å². The van der Waals surface area contributed by atoms with Gasteiger partial charge in [0, 0.05) is 4.90 Å². The second kappa shape index (κ2) is 6.45. The van der Waals surface area contributed by atoms with Gasteiger partial charge in [-0.25, -0.2) is 0 Å². The molecule has 0 aliphatic rings. The number of rotatable bonds is 6. The van der Waals surface area contributed by atoms with E-state index < -0.39 is 0 Å². The summed E-state index contributed by atoms with van der Waals surface area (Å²) < 4.78 is 0. The second-order valence-corrected chi connectivity index (χ2v) is 5.12. The molecule has 0 bridgehead atoms. The molecule has 0 saturated carbocycles. The molecule has 1 N–H and O–H groups in total. The van der Waals surface area contributed by atoms with Gasteiger partial charge in [0.25, 0.3) is 0 Å². The summed E-state index contributed by atoms with van der Waals surface area (Å²) in [5, 5.41) is 10.5. The van der Waals surface area contributed by atoms with Gasteiger partial charge in [0.2, 0.25) is 0 Å². The molecule has 0 aliphatic heterocycles. The Bertz CT molecular complexity index is 422. The quantitative estimate of drug-likeness (QED) is 0.798. The van der Waals surface area contributed by atoms with Crippen LogP contribution in [0.15, 0.2) is 35.4 Å². The molecule has 0 radical (unpaired) electrons. The van der Waals surface area contributed by atoms with E-state index in [-0.39, 0.29) is 0 Å². The predicted octanol–water partition coefficient (Wildman–Crippen LogP) is 3.09. The highest BCUT2D eigenvalue weighted by molar-refractivity contribution is 7.99. The van der Waals surface area contributed by atoms with Gasteiger partial charge in [-0.2, -0.15) is 15.4 Å². The molecular weight excluding hydrogens is 230 g/mol. The number of aromatic nitrogens is 3. The molecule has 2 aromatic rings. The molecule has 90 valence electrons. The van der Waals surface area contributed by atoms with Gasteiger partial charge < -0.3 is 0 Å². The Morgan fingerprint density at radius 3 is 2.65 bits per heavy atom. The van der Waals surface area contributed by atoms with Crippen molar-refractivity contribution in [2.75, 3.05) is 5.75 Å². The molecular formula is C13H17N3S. The van der Waals surface area contributed by atoms with Gasteiger partial charge in [0.1, 0.15) is 0 Å². The van der Waals surface area contributed by atoms with Crippen molar-refractivity contribution in [1.82, 2.24) is 15.4 Å². The number of hydrogen-bond acceptors (Lipinski definition) is 3. The van der Waals surface area contributed by atoms with Gasteiger partial charge in [-0.3, -0.25) is 0 Å². The maximum atomic E-state index is 4.05. The molecule has 17 heavy (non-hydrogen) atoms. The standard InChI is InChI=1S/C13H17N3S/c1-2-9-17-13-7-4-11(5-8-13)3-6-12-10-14-16-15-12/h4-5,7-8,10H,2-3,6,9H2,1H3,(H,14,15,16). The number of aromatic amines is 1. The van der Waals surface area contributed by atoms with E-state index in [9.17, 15) is 0 Å². The van der Waals surface area contributed by atoms with Crippen molar-refractivity contribution in [3.63, 3.8) is 0 Å². The van der Waals surface area contributed by atoms with Gasteiger partial charge >= 0.3 is 0 Å². The smallest absolute Gasteiger partial charge is 0.0828 e. The fourth-order valence-electron chi connectivity index (χ4n) is 1.59. The Balaban J connectivity index is 1.85. The van der Waals surface area contributed by atoms with Gasteiger partial charge in [-0.1, -0.05) is 19.1 Å². The van der Waals surface area contributed by atoms with E-state index >= 15 is 0 Å². The fraction of sp³-hybridized carbons (Fsp3) is 0.385. The number of thioether (sulfide) groups is 1. The minimum atomic E-state index is 0.942. The molecule has 4 heteroatoms. The third kappa shape index (κ3) is 3.89. The Hall–Kier alpha value is -1.29. The third-order valence-electron chi connectivity index (χ3n) is 2.53. The zero-order valence-corrected chi connectivity index (χ0v) is 10.8. The van der Waals surface area contributed by atoms with Crippen LogP contribution in [0.3, 0.4) is 0 Å². The van der Waals surface area contributed by atoms with E-state index in [0.717, 1.165) is 18.5 Å². The van der Waals surface area contributed by atoms with E-state index in [1.165, 1.54) is 22.6 Å². The summed E-state index contributed by atoms with van der Waals surface area (Å²) in [6, 6.07) is 8.83. The summed E-state index contributed by atoms with van der Waals surface area (Å²) in [7, 11) is 0. The van der Waals surface area contributed by atoms with Gasteiger partial charge in [-0.05, 0) is 42.7 Å². The minimum absolute atomic E-state index is 0.942. The van der Waals surface area contributed by atoms with Crippen molar-refractivity contribution in [2.24, 2.45) is 0 Å². The first kappa shape index (κ1) is 12.2. The van der Waals surface area contributed by atoms with Crippen LogP contribution in [0.25, 0.3) is 0 Å². The van der Waals surface area contributed by atoms with Crippen molar-refractivity contribution in [2.45, 2.75) is 31.1 Å². The maximum absolute atomic E-state index is 4.05. The summed E-state index contributed by atoms with van der Waals surface area (Å²) in [5.74, 6) is 1.19. The molecule has 0 saturated heterocycles. The molecule has 0 unspecified atom stereocenters. The summed E-state index contributed by atoms with van der Waals surface area (Å²) in [5.41, 5.74) is 2.38. The van der Waals surface area contributed by atoms with E-state index in [0.29, 0.717) is 0 Å². The number of nitrogens with zero attached hydrogens (tertiary/aromatic N) is 2. The molecule has 2 rings (SSSR count). The van der Waals surface area contributed by atoms with Crippen LogP contribution in [0.4, 0.5) is 0 Å². The first-order valence-electron chi connectivity index (χ1n) is 5.95. The number of H-pyrrole nitrogens is 1. The average molecular weight is 247 g/mol. The SMILES string of the molecule is CCCSc1ccc(CCc2cn[nH]n2)cc1. The van der Waals surface area contributed by atoms with E-state index in [1.54, 1.807) is 6.20 Å². The number of benzene rings is 1. The molecule has 0 atom stereocenters. The molecule has 1 heterocycles. The average Bonchev–Trinajstić information content (AvgIpc) is 2.88. The van der Waals surface area contributed by atoms with Crippen molar-refractivity contribution in [3.8, 4) is 0 Å². The van der Waals surface area contributed by atoms with Crippen molar-refractivity contribution < 1.29 is 0 Å². The first-order chi connectivity index (χ1) is 8.38. The van der Waals surface area contributed by atoms with Gasteiger partial charge in [-0.15, -0.1) is 11.8 Å². The lowest BCUT2D eigenvalue weighted by atomic mass is 10.1. The predicted molar refractivity (Wildman–Crippen MR) is 71.2 cm³/mol. The first-order valence-corrected chi connectivity index (χ1v) is 6.93. The lowest BCUT2D eigenvalue weighted by molar-refractivity contribution is 0.870. The third-order valence-corrected chi connectivity index (χ3v) is 3.75. The van der Waals surface area contributed by atoms with E-state index in [2.05, 4.69) is 46.6 Å². The highest BCUT2D eigenvalue weighted by Gasteiger charge is 1.99. The fourth-order valence-corrected chi connectivity index (χ4v) is 2.36. The van der Waals surface area contributed by atoms with Crippen LogP contribution in [-0.2, 0) is 12.8 Å². The summed E-state index contributed by atoms with van der Waals surface area (Å²) in [6.45, 7) is 2.21. The lowest BCUT2D eigenvalue weighted by Crippen LogP contribution is -1.91. The molecule has 3 nitrogen and oxygen atoms in total. The topological polar surface area (TPSA) is 41.6 Å². The monoisotopic (exact) mass is 247 g/mol. The molecule has 1 aromatic carbocycles. The number of aryl methyl sites for hydroxylation is 2. The van der Waals surface area contributed by atoms with Crippen LogP contribution < -0.4 is 0 Å². The van der Waals surface area contributed by atoms with Crippen LogP contribution >= 0.6 is 11.8 Å². The van der Waals surface area contributed by atoms with Crippen LogP contribution in [0.2, 0.25) is 0 Å². The highest BCUT2D eigenvalue weighted by Crippen LogP contribution is 2.19. The van der Waals surface area contributed by atoms with Gasteiger partial charge in [0.05, 0.1) is 11.9 Å². The van der Waals surface area contributed by atoms with Crippen LogP contribution in [0.5, 0.6) is 0 Å². The van der Waals surface area contributed by atoms with Crippen LogP contribution in [-0.4, -0.2) is 21.2 Å². The number of hydrogen-bond donors (Lipinski definition) is 1. The molecule has 0 aliphatic carbocycles. The van der Waals surface area contributed by atoms with E-state index in [4.69, 9.17) is 0 Å². The molecule has 0 fully saturated rings. The zero-order chi connectivity index (χ0) is 11.9. The summed E-state index contributed by atoms with van der Waals surface area (Å²) in [6.07, 6.45) is 4.97. The molecule has 0 amide bonds. The zero-order valence-electron chi connectivity index (χ0n) is 10.0. The van der Waals surface area contributed by atoms with Crippen molar-refractivity contribution in [1.29, 1.82) is 0 Å². The minimum Gasteiger partial charge on any atom is -0.198 e.